The highest BCUT2D eigenvalue weighted by Gasteiger charge is 2.15. The number of carbonyl (C=O) groups excluding carboxylic acids is 1. The van der Waals surface area contributed by atoms with Crippen molar-refractivity contribution in [1.82, 2.24) is 4.90 Å². The first-order valence-corrected chi connectivity index (χ1v) is 4.49. The normalized spacial score (nSPS) is 18.6. The fraction of sp³-hybridized carbons (Fsp3) is 0.364. The summed E-state index contributed by atoms with van der Waals surface area (Å²) in [6, 6.07) is 0. The summed E-state index contributed by atoms with van der Waals surface area (Å²) < 4.78 is 0. The van der Waals surface area contributed by atoms with Crippen LogP contribution in [0.15, 0.2) is 37.1 Å². The SMILES string of the molecule is C=C/C=C(\C=C)N1CCC(=O)CC1. The molecule has 0 aromatic heterocycles. The second-order valence-electron chi connectivity index (χ2n) is 3.06. The fourth-order valence-electron chi connectivity index (χ4n) is 1.44. The van der Waals surface area contributed by atoms with Gasteiger partial charge in [0, 0.05) is 31.6 Å². The Hall–Kier alpha value is -1.31. The van der Waals surface area contributed by atoms with Crippen molar-refractivity contribution in [2.75, 3.05) is 13.1 Å². The number of nitrogens with zero attached hydrogens (tertiary/aromatic N) is 1. The number of allylic oxidation sites excluding steroid dienone is 3. The van der Waals surface area contributed by atoms with Gasteiger partial charge in [-0.25, -0.2) is 0 Å². The molecule has 0 radical (unpaired) electrons. The number of hydrogen-bond donors (Lipinski definition) is 0. The molecular formula is C11H15NO. The molecule has 0 N–H and O–H groups in total. The zero-order valence-corrected chi connectivity index (χ0v) is 7.83. The summed E-state index contributed by atoms with van der Waals surface area (Å²) in [4.78, 5) is 13.1. The van der Waals surface area contributed by atoms with Crippen LogP contribution in [-0.4, -0.2) is 23.8 Å². The molecule has 0 spiro atoms. The summed E-state index contributed by atoms with van der Waals surface area (Å²) in [6.45, 7) is 8.99. The molecule has 0 amide bonds. The third-order valence-electron chi connectivity index (χ3n) is 2.18. The van der Waals surface area contributed by atoms with Gasteiger partial charge in [-0.3, -0.25) is 4.79 Å². The Bertz CT molecular complexity index is 243. The van der Waals surface area contributed by atoms with E-state index in [1.807, 2.05) is 6.08 Å². The number of hydrogen-bond acceptors (Lipinski definition) is 2. The van der Waals surface area contributed by atoms with E-state index in [0.29, 0.717) is 18.6 Å². The predicted molar refractivity (Wildman–Crippen MR) is 54.3 cm³/mol. The topological polar surface area (TPSA) is 20.3 Å². The standard InChI is InChI=1S/C11H15NO/c1-3-5-10(4-2)12-8-6-11(13)7-9-12/h3-5H,1-2,6-9H2/b10-5+. The monoisotopic (exact) mass is 177 g/mol. The minimum absolute atomic E-state index is 0.360. The van der Waals surface area contributed by atoms with E-state index in [0.717, 1.165) is 18.8 Å². The largest absolute Gasteiger partial charge is 0.371 e. The van der Waals surface area contributed by atoms with Crippen molar-refractivity contribution < 1.29 is 4.79 Å². The molecule has 1 aliphatic heterocycles. The lowest BCUT2D eigenvalue weighted by Gasteiger charge is -2.28. The molecule has 0 saturated carbocycles. The Morgan fingerprint density at radius 3 is 2.38 bits per heavy atom. The highest BCUT2D eigenvalue weighted by molar-refractivity contribution is 5.79. The van der Waals surface area contributed by atoms with Gasteiger partial charge < -0.3 is 4.90 Å². The lowest BCUT2D eigenvalue weighted by atomic mass is 10.1. The van der Waals surface area contributed by atoms with Crippen LogP contribution in [0.2, 0.25) is 0 Å². The molecule has 0 aromatic carbocycles. The second kappa shape index (κ2) is 4.65. The van der Waals surface area contributed by atoms with Crippen molar-refractivity contribution in [2.24, 2.45) is 0 Å². The zero-order chi connectivity index (χ0) is 9.68. The van der Waals surface area contributed by atoms with Crippen molar-refractivity contribution in [3.05, 3.63) is 37.1 Å². The van der Waals surface area contributed by atoms with E-state index in [4.69, 9.17) is 0 Å². The molecule has 0 aliphatic carbocycles. The summed E-state index contributed by atoms with van der Waals surface area (Å²) in [5.41, 5.74) is 1.06. The second-order valence-corrected chi connectivity index (χ2v) is 3.06. The lowest BCUT2D eigenvalue weighted by molar-refractivity contribution is -0.121. The summed E-state index contributed by atoms with van der Waals surface area (Å²) in [7, 11) is 0. The first-order valence-electron chi connectivity index (χ1n) is 4.49. The van der Waals surface area contributed by atoms with Gasteiger partial charge in [0.1, 0.15) is 5.78 Å². The average molecular weight is 177 g/mol. The van der Waals surface area contributed by atoms with E-state index in [9.17, 15) is 4.79 Å². The van der Waals surface area contributed by atoms with Crippen LogP contribution in [0.4, 0.5) is 0 Å². The molecule has 0 unspecified atom stereocenters. The molecule has 1 heterocycles. The molecule has 0 atom stereocenters. The Morgan fingerprint density at radius 1 is 1.31 bits per heavy atom. The maximum absolute atomic E-state index is 11.0. The number of ketones is 1. The molecule has 1 fully saturated rings. The van der Waals surface area contributed by atoms with Crippen LogP contribution in [-0.2, 0) is 4.79 Å². The number of piperidine rings is 1. The predicted octanol–water partition coefficient (Wildman–Crippen LogP) is 1.91. The highest BCUT2D eigenvalue weighted by Crippen LogP contribution is 2.13. The van der Waals surface area contributed by atoms with Crippen molar-refractivity contribution in [3.8, 4) is 0 Å². The molecular weight excluding hydrogens is 162 g/mol. The minimum Gasteiger partial charge on any atom is -0.371 e. The van der Waals surface area contributed by atoms with Crippen LogP contribution in [0.25, 0.3) is 0 Å². The summed E-state index contributed by atoms with van der Waals surface area (Å²) >= 11 is 0. The minimum atomic E-state index is 0.360. The first-order chi connectivity index (χ1) is 6.27. The molecule has 1 rings (SSSR count). The molecule has 70 valence electrons. The van der Waals surface area contributed by atoms with Crippen LogP contribution in [0.5, 0.6) is 0 Å². The van der Waals surface area contributed by atoms with E-state index in [-0.39, 0.29) is 0 Å². The smallest absolute Gasteiger partial charge is 0.136 e. The molecule has 1 aliphatic rings. The van der Waals surface area contributed by atoms with Crippen LogP contribution >= 0.6 is 0 Å². The summed E-state index contributed by atoms with van der Waals surface area (Å²) in [5.74, 6) is 0.360. The van der Waals surface area contributed by atoms with Gasteiger partial charge in [0.05, 0.1) is 0 Å². The maximum atomic E-state index is 11.0. The number of rotatable bonds is 3. The van der Waals surface area contributed by atoms with Gasteiger partial charge in [0.2, 0.25) is 0 Å². The van der Waals surface area contributed by atoms with Crippen molar-refractivity contribution in [3.63, 3.8) is 0 Å². The quantitative estimate of drug-likeness (QED) is 0.614. The zero-order valence-electron chi connectivity index (χ0n) is 7.83. The van der Waals surface area contributed by atoms with Crippen LogP contribution in [0.3, 0.4) is 0 Å². The van der Waals surface area contributed by atoms with Crippen LogP contribution < -0.4 is 0 Å². The molecule has 13 heavy (non-hydrogen) atoms. The van der Waals surface area contributed by atoms with Gasteiger partial charge in [-0.05, 0) is 12.2 Å². The van der Waals surface area contributed by atoms with E-state index >= 15 is 0 Å². The maximum Gasteiger partial charge on any atom is 0.136 e. The van der Waals surface area contributed by atoms with Crippen molar-refractivity contribution in [2.45, 2.75) is 12.8 Å². The van der Waals surface area contributed by atoms with Gasteiger partial charge in [-0.2, -0.15) is 0 Å². The number of Topliss-reactive ketones (excluding diaryl/α,β-unsaturated/α-hetero) is 1. The van der Waals surface area contributed by atoms with E-state index in [1.54, 1.807) is 12.2 Å². The van der Waals surface area contributed by atoms with E-state index in [1.165, 1.54) is 0 Å². The molecule has 2 nitrogen and oxygen atoms in total. The first kappa shape index (κ1) is 9.78. The van der Waals surface area contributed by atoms with Gasteiger partial charge in [-0.1, -0.05) is 19.2 Å². The van der Waals surface area contributed by atoms with E-state index in [2.05, 4.69) is 18.1 Å². The third-order valence-corrected chi connectivity index (χ3v) is 2.18. The summed E-state index contributed by atoms with van der Waals surface area (Å²) in [5, 5.41) is 0. The van der Waals surface area contributed by atoms with Gasteiger partial charge in [0.15, 0.2) is 0 Å². The van der Waals surface area contributed by atoms with Crippen molar-refractivity contribution in [1.29, 1.82) is 0 Å². The van der Waals surface area contributed by atoms with Crippen LogP contribution in [0, 0.1) is 0 Å². The highest BCUT2D eigenvalue weighted by atomic mass is 16.1. The van der Waals surface area contributed by atoms with E-state index < -0.39 is 0 Å². The Morgan fingerprint density at radius 2 is 1.92 bits per heavy atom. The molecule has 1 saturated heterocycles. The molecule has 2 heteroatoms. The van der Waals surface area contributed by atoms with Crippen molar-refractivity contribution >= 4 is 5.78 Å². The Labute approximate surface area is 79.2 Å². The number of carbonyl (C=O) groups is 1. The summed E-state index contributed by atoms with van der Waals surface area (Å²) in [6.07, 6.45) is 6.78. The fourth-order valence-corrected chi connectivity index (χ4v) is 1.44. The number of likely N-dealkylation sites (tertiary alicyclic amines) is 1. The molecule has 0 aromatic rings. The average Bonchev–Trinajstić information content (AvgIpc) is 2.16. The molecule has 0 bridgehead atoms. The third kappa shape index (κ3) is 2.58. The Balaban J connectivity index is 2.60. The van der Waals surface area contributed by atoms with Gasteiger partial charge in [0.25, 0.3) is 0 Å². The van der Waals surface area contributed by atoms with Gasteiger partial charge >= 0.3 is 0 Å². The van der Waals surface area contributed by atoms with Crippen LogP contribution in [0.1, 0.15) is 12.8 Å². The lowest BCUT2D eigenvalue weighted by Crippen LogP contribution is -2.32. The van der Waals surface area contributed by atoms with Gasteiger partial charge in [-0.15, -0.1) is 0 Å². The Kier molecular flexibility index (Phi) is 3.50.